The molecule has 2 aromatic rings. The summed E-state index contributed by atoms with van der Waals surface area (Å²) in [6.07, 6.45) is 6.32. The molecule has 0 aliphatic carbocycles. The molecule has 16 heavy (non-hydrogen) atoms. The Hall–Kier alpha value is -2.36. The molecule has 0 aliphatic rings. The zero-order valence-electron chi connectivity index (χ0n) is 8.65. The molecule has 0 saturated carbocycles. The van der Waals surface area contributed by atoms with Gasteiger partial charge in [0.25, 0.3) is 0 Å². The third kappa shape index (κ3) is 3.79. The normalized spacial score (nSPS) is 8.75. The Labute approximate surface area is 93.5 Å². The standard InChI is InChI=1S/C9H8N2.C3H4O2/c1-2-4-9(5-3-1)11-7-6-10-8-11;1-2-3(4)5/h1-8H;2H,1H2,(H,4,5). The van der Waals surface area contributed by atoms with Crippen molar-refractivity contribution >= 4 is 5.97 Å². The number of aromatic nitrogens is 2. The predicted octanol–water partition coefficient (Wildman–Crippen LogP) is 2.13. The first kappa shape index (κ1) is 11.7. The van der Waals surface area contributed by atoms with Gasteiger partial charge in [0.1, 0.15) is 0 Å². The Morgan fingerprint density at radius 2 is 2.00 bits per heavy atom. The van der Waals surface area contributed by atoms with E-state index >= 15 is 0 Å². The van der Waals surface area contributed by atoms with Crippen molar-refractivity contribution in [3.8, 4) is 5.69 Å². The van der Waals surface area contributed by atoms with Gasteiger partial charge in [0, 0.05) is 24.2 Å². The zero-order valence-corrected chi connectivity index (χ0v) is 8.65. The van der Waals surface area contributed by atoms with E-state index in [1.165, 1.54) is 0 Å². The van der Waals surface area contributed by atoms with E-state index in [4.69, 9.17) is 5.11 Å². The summed E-state index contributed by atoms with van der Waals surface area (Å²) in [6.45, 7) is 2.96. The number of rotatable bonds is 2. The third-order valence-corrected chi connectivity index (χ3v) is 1.73. The number of hydrogen-bond acceptors (Lipinski definition) is 2. The number of para-hydroxylation sites is 1. The second-order valence-corrected chi connectivity index (χ2v) is 2.85. The fourth-order valence-electron chi connectivity index (χ4n) is 1.01. The Kier molecular flexibility index (Phi) is 4.53. The van der Waals surface area contributed by atoms with E-state index in [1.54, 1.807) is 12.5 Å². The summed E-state index contributed by atoms with van der Waals surface area (Å²) in [4.78, 5) is 13.2. The maximum Gasteiger partial charge on any atom is 0.327 e. The van der Waals surface area contributed by atoms with Gasteiger partial charge in [0.15, 0.2) is 0 Å². The van der Waals surface area contributed by atoms with Crippen LogP contribution in [0.15, 0.2) is 61.7 Å². The number of imidazole rings is 1. The van der Waals surface area contributed by atoms with Crippen molar-refractivity contribution in [1.82, 2.24) is 9.55 Å². The molecule has 0 unspecified atom stereocenters. The highest BCUT2D eigenvalue weighted by atomic mass is 16.4. The van der Waals surface area contributed by atoms with Crippen molar-refractivity contribution in [2.45, 2.75) is 0 Å². The fourth-order valence-corrected chi connectivity index (χ4v) is 1.01. The minimum absolute atomic E-state index is 0.833. The van der Waals surface area contributed by atoms with Gasteiger partial charge in [-0.2, -0.15) is 0 Å². The molecule has 1 aromatic heterocycles. The second kappa shape index (κ2) is 6.19. The first-order valence-corrected chi connectivity index (χ1v) is 4.63. The van der Waals surface area contributed by atoms with Crippen LogP contribution in [-0.4, -0.2) is 20.6 Å². The number of benzene rings is 1. The quantitative estimate of drug-likeness (QED) is 0.782. The molecule has 0 radical (unpaired) electrons. The van der Waals surface area contributed by atoms with Crippen molar-refractivity contribution < 1.29 is 9.90 Å². The van der Waals surface area contributed by atoms with Gasteiger partial charge >= 0.3 is 5.97 Å². The van der Waals surface area contributed by atoms with Crippen LogP contribution in [-0.2, 0) is 4.79 Å². The number of carbonyl (C=O) groups is 1. The van der Waals surface area contributed by atoms with Crippen LogP contribution in [0, 0.1) is 0 Å². The third-order valence-electron chi connectivity index (χ3n) is 1.73. The lowest BCUT2D eigenvalue weighted by molar-refractivity contribution is -0.131. The molecule has 0 spiro atoms. The highest BCUT2D eigenvalue weighted by Crippen LogP contribution is 2.04. The van der Waals surface area contributed by atoms with Crippen LogP contribution in [0.5, 0.6) is 0 Å². The molecular formula is C12H12N2O2. The van der Waals surface area contributed by atoms with E-state index in [0.29, 0.717) is 0 Å². The lowest BCUT2D eigenvalue weighted by Gasteiger charge is -1.98. The summed E-state index contributed by atoms with van der Waals surface area (Å²) in [5.41, 5.74) is 1.14. The molecule has 4 nitrogen and oxygen atoms in total. The predicted molar refractivity (Wildman–Crippen MR) is 61.4 cm³/mol. The number of hydrogen-bond donors (Lipinski definition) is 1. The fraction of sp³-hybridized carbons (Fsp3) is 0. The molecule has 0 atom stereocenters. The summed E-state index contributed by atoms with van der Waals surface area (Å²) < 4.78 is 1.97. The summed E-state index contributed by atoms with van der Waals surface area (Å²) in [5.74, 6) is -0.981. The van der Waals surface area contributed by atoms with E-state index in [0.717, 1.165) is 11.8 Å². The topological polar surface area (TPSA) is 55.1 Å². The molecule has 4 heteroatoms. The number of nitrogens with zero attached hydrogens (tertiary/aromatic N) is 2. The van der Waals surface area contributed by atoms with E-state index in [9.17, 15) is 4.79 Å². The second-order valence-electron chi connectivity index (χ2n) is 2.85. The van der Waals surface area contributed by atoms with Crippen molar-refractivity contribution in [3.63, 3.8) is 0 Å². The van der Waals surface area contributed by atoms with E-state index in [-0.39, 0.29) is 0 Å². The van der Waals surface area contributed by atoms with Crippen molar-refractivity contribution in [1.29, 1.82) is 0 Å². The highest BCUT2D eigenvalue weighted by molar-refractivity contribution is 5.78. The molecule has 0 amide bonds. The van der Waals surface area contributed by atoms with Crippen LogP contribution >= 0.6 is 0 Å². The SMILES string of the molecule is C=CC(=O)O.c1ccc(-n2ccnc2)cc1. The summed E-state index contributed by atoms with van der Waals surface area (Å²) >= 11 is 0. The molecule has 1 aromatic carbocycles. The van der Waals surface area contributed by atoms with Gasteiger partial charge in [0.2, 0.25) is 0 Å². The minimum Gasteiger partial charge on any atom is -0.478 e. The molecular weight excluding hydrogens is 204 g/mol. The van der Waals surface area contributed by atoms with Gasteiger partial charge in [-0.05, 0) is 12.1 Å². The van der Waals surface area contributed by atoms with Crippen LogP contribution in [0.3, 0.4) is 0 Å². The lowest BCUT2D eigenvalue weighted by Crippen LogP contribution is -1.87. The van der Waals surface area contributed by atoms with Gasteiger partial charge in [-0.3, -0.25) is 0 Å². The summed E-state index contributed by atoms with van der Waals surface area (Å²) in [7, 11) is 0. The smallest absolute Gasteiger partial charge is 0.327 e. The average Bonchev–Trinajstić information content (AvgIpc) is 2.84. The lowest BCUT2D eigenvalue weighted by atomic mass is 10.3. The van der Waals surface area contributed by atoms with Crippen LogP contribution < -0.4 is 0 Å². The molecule has 0 bridgehead atoms. The first-order valence-electron chi connectivity index (χ1n) is 4.63. The number of aliphatic carboxylic acids is 1. The minimum atomic E-state index is -0.981. The van der Waals surface area contributed by atoms with Gasteiger partial charge in [-0.1, -0.05) is 24.8 Å². The Morgan fingerprint density at radius 3 is 2.44 bits per heavy atom. The maximum absolute atomic E-state index is 9.25. The van der Waals surface area contributed by atoms with Crippen molar-refractivity contribution in [3.05, 3.63) is 61.7 Å². The molecule has 0 saturated heterocycles. The molecule has 2 rings (SSSR count). The maximum atomic E-state index is 9.25. The van der Waals surface area contributed by atoms with Gasteiger partial charge < -0.3 is 9.67 Å². The molecule has 1 N–H and O–H groups in total. The Balaban J connectivity index is 0.000000221. The zero-order chi connectivity index (χ0) is 11.8. The van der Waals surface area contributed by atoms with Gasteiger partial charge in [-0.15, -0.1) is 0 Å². The Bertz CT molecular complexity index is 435. The van der Waals surface area contributed by atoms with Crippen molar-refractivity contribution in [2.24, 2.45) is 0 Å². The average molecular weight is 216 g/mol. The summed E-state index contributed by atoms with van der Waals surface area (Å²) in [5, 5.41) is 7.60. The highest BCUT2D eigenvalue weighted by Gasteiger charge is 1.89. The van der Waals surface area contributed by atoms with Crippen molar-refractivity contribution in [2.75, 3.05) is 0 Å². The number of carboxylic acids is 1. The molecule has 0 aliphatic heterocycles. The number of carboxylic acid groups (broad SMARTS) is 1. The van der Waals surface area contributed by atoms with E-state index < -0.39 is 5.97 Å². The van der Waals surface area contributed by atoms with Gasteiger partial charge in [-0.25, -0.2) is 9.78 Å². The van der Waals surface area contributed by atoms with Crippen LogP contribution in [0.25, 0.3) is 5.69 Å². The van der Waals surface area contributed by atoms with Gasteiger partial charge in [0.05, 0.1) is 6.33 Å². The largest absolute Gasteiger partial charge is 0.478 e. The molecule has 82 valence electrons. The van der Waals surface area contributed by atoms with E-state index in [1.807, 2.05) is 41.1 Å². The molecule has 1 heterocycles. The van der Waals surface area contributed by atoms with Crippen LogP contribution in [0.1, 0.15) is 0 Å². The first-order chi connectivity index (χ1) is 7.74. The van der Waals surface area contributed by atoms with Crippen LogP contribution in [0.2, 0.25) is 0 Å². The molecule has 0 fully saturated rings. The summed E-state index contributed by atoms with van der Waals surface area (Å²) in [6, 6.07) is 10.1. The van der Waals surface area contributed by atoms with Crippen LogP contribution in [0.4, 0.5) is 0 Å². The Morgan fingerprint density at radius 1 is 1.38 bits per heavy atom. The monoisotopic (exact) mass is 216 g/mol. The van der Waals surface area contributed by atoms with E-state index in [2.05, 4.69) is 11.6 Å².